The molecule has 0 aromatic heterocycles. The number of halogens is 1. The molecule has 1 atom stereocenters. The summed E-state index contributed by atoms with van der Waals surface area (Å²) in [6, 6.07) is 7.28. The summed E-state index contributed by atoms with van der Waals surface area (Å²) < 4.78 is 0. The quantitative estimate of drug-likeness (QED) is 0.837. The summed E-state index contributed by atoms with van der Waals surface area (Å²) in [5.74, 6) is 0.213. The summed E-state index contributed by atoms with van der Waals surface area (Å²) in [7, 11) is 0. The maximum atomic E-state index is 12.1. The van der Waals surface area contributed by atoms with E-state index in [1.807, 2.05) is 26.0 Å². The van der Waals surface area contributed by atoms with Crippen LogP contribution < -0.4 is 15.5 Å². The lowest BCUT2D eigenvalue weighted by molar-refractivity contribution is -0.117. The Bertz CT molecular complexity index is 543. The monoisotopic (exact) mass is 337 g/mol. The van der Waals surface area contributed by atoms with E-state index < -0.39 is 0 Å². The minimum absolute atomic E-state index is 0.0829. The van der Waals surface area contributed by atoms with E-state index in [0.717, 1.165) is 18.5 Å². The zero-order valence-corrected chi connectivity index (χ0v) is 14.4. The molecule has 2 N–H and O–H groups in total. The summed E-state index contributed by atoms with van der Waals surface area (Å²) in [6.07, 6.45) is 2.28. The minimum atomic E-state index is -0.156. The Balaban J connectivity index is 1.83. The highest BCUT2D eigenvalue weighted by Crippen LogP contribution is 2.25. The second kappa shape index (κ2) is 8.20. The maximum absolute atomic E-state index is 12.1. The molecular formula is C17H24ClN3O2. The van der Waals surface area contributed by atoms with Crippen LogP contribution in [0.1, 0.15) is 33.1 Å². The first-order valence-electron chi connectivity index (χ1n) is 8.13. The molecule has 0 saturated carbocycles. The first-order valence-corrected chi connectivity index (χ1v) is 8.51. The highest BCUT2D eigenvalue weighted by Gasteiger charge is 2.30. The van der Waals surface area contributed by atoms with Crippen LogP contribution in [0.3, 0.4) is 0 Å². The van der Waals surface area contributed by atoms with E-state index >= 15 is 0 Å². The summed E-state index contributed by atoms with van der Waals surface area (Å²) in [5.41, 5.74) is 0.850. The minimum Gasteiger partial charge on any atom is -0.338 e. The number of hydrogen-bond donors (Lipinski definition) is 2. The lowest BCUT2D eigenvalue weighted by Gasteiger charge is -2.18. The van der Waals surface area contributed by atoms with Crippen LogP contribution in [0.15, 0.2) is 24.3 Å². The zero-order valence-electron chi connectivity index (χ0n) is 13.6. The molecule has 3 amide bonds. The van der Waals surface area contributed by atoms with E-state index in [1.54, 1.807) is 17.0 Å². The van der Waals surface area contributed by atoms with Crippen molar-refractivity contribution in [2.45, 2.75) is 39.2 Å². The molecule has 1 fully saturated rings. The first kappa shape index (κ1) is 17.6. The molecule has 6 heteroatoms. The van der Waals surface area contributed by atoms with Gasteiger partial charge in [-0.3, -0.25) is 4.79 Å². The zero-order chi connectivity index (χ0) is 16.8. The van der Waals surface area contributed by atoms with Gasteiger partial charge in [0.2, 0.25) is 5.91 Å². The van der Waals surface area contributed by atoms with Gasteiger partial charge in [0.15, 0.2) is 0 Å². The molecule has 1 aliphatic heterocycles. The summed E-state index contributed by atoms with van der Waals surface area (Å²) in [5, 5.41) is 6.46. The Morgan fingerprint density at radius 3 is 2.57 bits per heavy atom. The molecule has 126 valence electrons. The van der Waals surface area contributed by atoms with Crippen LogP contribution in [-0.2, 0) is 4.79 Å². The number of urea groups is 1. The van der Waals surface area contributed by atoms with Crippen LogP contribution >= 0.6 is 11.6 Å². The third-order valence-electron chi connectivity index (χ3n) is 4.22. The Morgan fingerprint density at radius 1 is 1.30 bits per heavy atom. The van der Waals surface area contributed by atoms with Gasteiger partial charge in [0, 0.05) is 42.2 Å². The van der Waals surface area contributed by atoms with Crippen molar-refractivity contribution >= 4 is 29.2 Å². The molecule has 1 aromatic carbocycles. The van der Waals surface area contributed by atoms with Crippen molar-refractivity contribution in [3.8, 4) is 0 Å². The molecule has 1 aromatic rings. The molecule has 0 bridgehead atoms. The number of rotatable bonds is 6. The molecular weight excluding hydrogens is 314 g/mol. The Kier molecular flexibility index (Phi) is 6.28. The van der Waals surface area contributed by atoms with Crippen molar-refractivity contribution in [1.29, 1.82) is 0 Å². The van der Waals surface area contributed by atoms with Crippen LogP contribution in [0.4, 0.5) is 10.5 Å². The van der Waals surface area contributed by atoms with E-state index in [-0.39, 0.29) is 23.9 Å². The summed E-state index contributed by atoms with van der Waals surface area (Å²) in [4.78, 5) is 25.8. The molecule has 0 aliphatic carbocycles. The normalized spacial score (nSPS) is 17.7. The molecule has 0 spiro atoms. The summed E-state index contributed by atoms with van der Waals surface area (Å²) >= 11 is 5.88. The van der Waals surface area contributed by atoms with Crippen LogP contribution in [-0.4, -0.2) is 31.1 Å². The van der Waals surface area contributed by atoms with Crippen molar-refractivity contribution < 1.29 is 9.59 Å². The van der Waals surface area contributed by atoms with Crippen LogP contribution in [0.5, 0.6) is 0 Å². The van der Waals surface area contributed by atoms with Crippen LogP contribution in [0.2, 0.25) is 5.02 Å². The van der Waals surface area contributed by atoms with Crippen LogP contribution in [0, 0.1) is 5.92 Å². The lowest BCUT2D eigenvalue weighted by atomic mass is 10.1. The smallest absolute Gasteiger partial charge is 0.315 e. The van der Waals surface area contributed by atoms with Crippen molar-refractivity contribution in [3.63, 3.8) is 0 Å². The van der Waals surface area contributed by atoms with Crippen molar-refractivity contribution in [3.05, 3.63) is 29.3 Å². The fourth-order valence-corrected chi connectivity index (χ4v) is 2.88. The van der Waals surface area contributed by atoms with Gasteiger partial charge in [0.25, 0.3) is 0 Å². The van der Waals surface area contributed by atoms with Gasteiger partial charge in [-0.05, 0) is 37.1 Å². The number of hydrogen-bond acceptors (Lipinski definition) is 2. The molecule has 1 aliphatic rings. The van der Waals surface area contributed by atoms with E-state index in [1.165, 1.54) is 0 Å². The van der Waals surface area contributed by atoms with E-state index in [4.69, 9.17) is 11.6 Å². The highest BCUT2D eigenvalue weighted by molar-refractivity contribution is 6.30. The Hall–Kier alpha value is -1.75. The van der Waals surface area contributed by atoms with Gasteiger partial charge in [-0.2, -0.15) is 0 Å². The number of carbonyl (C=O) groups is 2. The average Bonchev–Trinajstić information content (AvgIpc) is 2.92. The van der Waals surface area contributed by atoms with E-state index in [9.17, 15) is 9.59 Å². The van der Waals surface area contributed by atoms with Gasteiger partial charge in [-0.1, -0.05) is 25.4 Å². The fraction of sp³-hybridized carbons (Fsp3) is 0.529. The largest absolute Gasteiger partial charge is 0.338 e. The number of benzene rings is 1. The Labute approximate surface area is 142 Å². The van der Waals surface area contributed by atoms with Gasteiger partial charge in [-0.15, -0.1) is 0 Å². The summed E-state index contributed by atoms with van der Waals surface area (Å²) in [6.45, 7) is 5.22. The molecule has 0 radical (unpaired) electrons. The number of carbonyl (C=O) groups excluding carboxylic acids is 2. The molecule has 1 heterocycles. The predicted octanol–water partition coefficient (Wildman–Crippen LogP) is 3.18. The van der Waals surface area contributed by atoms with Gasteiger partial charge in [0.05, 0.1) is 0 Å². The van der Waals surface area contributed by atoms with Gasteiger partial charge < -0.3 is 15.5 Å². The molecule has 23 heavy (non-hydrogen) atoms. The maximum Gasteiger partial charge on any atom is 0.315 e. The first-order chi connectivity index (χ1) is 11.0. The van der Waals surface area contributed by atoms with Crippen molar-refractivity contribution in [1.82, 2.24) is 10.6 Å². The molecule has 1 saturated heterocycles. The topological polar surface area (TPSA) is 61.4 Å². The molecule has 2 rings (SSSR count). The fourth-order valence-electron chi connectivity index (χ4n) is 2.76. The third-order valence-corrected chi connectivity index (χ3v) is 4.47. The van der Waals surface area contributed by atoms with Gasteiger partial charge >= 0.3 is 6.03 Å². The van der Waals surface area contributed by atoms with Gasteiger partial charge in [0.1, 0.15) is 0 Å². The average molecular weight is 338 g/mol. The van der Waals surface area contributed by atoms with E-state index in [0.29, 0.717) is 24.5 Å². The standard InChI is InChI=1S/C17H24ClN3O2/c1-3-14(4-2)20-17(23)19-10-12-9-16(22)21(11-12)15-7-5-13(18)6-8-15/h5-8,12,14H,3-4,9-11H2,1-2H3,(H2,19,20,23). The van der Waals surface area contributed by atoms with Crippen molar-refractivity contribution in [2.75, 3.05) is 18.0 Å². The lowest BCUT2D eigenvalue weighted by Crippen LogP contribution is -2.43. The number of amides is 3. The van der Waals surface area contributed by atoms with E-state index in [2.05, 4.69) is 10.6 Å². The molecule has 1 unspecified atom stereocenters. The third kappa shape index (κ3) is 4.86. The van der Waals surface area contributed by atoms with Crippen molar-refractivity contribution in [2.24, 2.45) is 5.92 Å². The number of anilines is 1. The highest BCUT2D eigenvalue weighted by atomic mass is 35.5. The molecule has 5 nitrogen and oxygen atoms in total. The number of nitrogens with zero attached hydrogens (tertiary/aromatic N) is 1. The second-order valence-corrected chi connectivity index (χ2v) is 6.36. The second-order valence-electron chi connectivity index (χ2n) is 5.92. The number of nitrogens with one attached hydrogen (secondary N) is 2. The van der Waals surface area contributed by atoms with Gasteiger partial charge in [-0.25, -0.2) is 4.79 Å². The predicted molar refractivity (Wildman–Crippen MR) is 92.8 cm³/mol. The van der Waals surface area contributed by atoms with Crippen LogP contribution in [0.25, 0.3) is 0 Å². The Morgan fingerprint density at radius 2 is 1.96 bits per heavy atom. The SMILES string of the molecule is CCC(CC)NC(=O)NCC1CC(=O)N(c2ccc(Cl)cc2)C1.